The van der Waals surface area contributed by atoms with E-state index in [0.29, 0.717) is 5.92 Å². The summed E-state index contributed by atoms with van der Waals surface area (Å²) in [7, 11) is 0. The number of nitrogens with one attached hydrogen (secondary N) is 1. The molecule has 0 saturated heterocycles. The summed E-state index contributed by atoms with van der Waals surface area (Å²) in [5.41, 5.74) is 1.11. The van der Waals surface area contributed by atoms with E-state index in [4.69, 9.17) is 0 Å². The number of thiazole rings is 1. The van der Waals surface area contributed by atoms with Gasteiger partial charge in [-0.05, 0) is 33.6 Å². The van der Waals surface area contributed by atoms with Crippen LogP contribution < -0.4 is 4.72 Å². The molecule has 3 nitrogen and oxygen atoms in total. The Balaban J connectivity index is 2.66. The lowest BCUT2D eigenvalue weighted by Gasteiger charge is -2.25. The van der Waals surface area contributed by atoms with Crippen LogP contribution in [0.1, 0.15) is 64.2 Å². The molecule has 0 radical (unpaired) electrons. The van der Waals surface area contributed by atoms with Gasteiger partial charge in [0.05, 0.1) is 5.69 Å². The third-order valence-electron chi connectivity index (χ3n) is 2.34. The van der Waals surface area contributed by atoms with Gasteiger partial charge in [0.25, 0.3) is 0 Å². The Morgan fingerprint density at radius 2 is 1.94 bits per heavy atom. The van der Waals surface area contributed by atoms with Crippen LogP contribution in [-0.2, 0) is 11.4 Å². The third-order valence-corrected chi connectivity index (χ3v) is 5.07. The maximum atomic E-state index is 12.0. The predicted octanol–water partition coefficient (Wildman–Crippen LogP) is 3.38. The number of aromatic nitrogens is 1. The van der Waals surface area contributed by atoms with Crippen molar-refractivity contribution in [3.8, 4) is 0 Å². The molecule has 0 aliphatic heterocycles. The minimum absolute atomic E-state index is 0.0348. The summed E-state index contributed by atoms with van der Waals surface area (Å²) >= 11 is 0.578. The number of hydrogen-bond acceptors (Lipinski definition) is 4. The minimum Gasteiger partial charge on any atom is -0.598 e. The van der Waals surface area contributed by atoms with Crippen molar-refractivity contribution in [2.45, 2.75) is 58.2 Å². The normalized spacial score (nSPS) is 16.2. The molecule has 1 aromatic heterocycles. The van der Waals surface area contributed by atoms with Gasteiger partial charge in [-0.25, -0.2) is 4.98 Å². The molecule has 2 atom stereocenters. The fourth-order valence-electron chi connectivity index (χ4n) is 1.15. The molecule has 5 heteroatoms. The molecule has 1 aromatic rings. The van der Waals surface area contributed by atoms with E-state index in [0.717, 1.165) is 10.7 Å². The Morgan fingerprint density at radius 3 is 2.35 bits per heavy atom. The van der Waals surface area contributed by atoms with Gasteiger partial charge in [0.2, 0.25) is 0 Å². The van der Waals surface area contributed by atoms with Crippen LogP contribution >= 0.6 is 11.3 Å². The molecule has 0 aliphatic carbocycles. The summed E-state index contributed by atoms with van der Waals surface area (Å²) in [6.07, 6.45) is 0. The minimum atomic E-state index is -1.05. The fraction of sp³-hybridized carbons (Fsp3) is 0.750. The Labute approximate surface area is 111 Å². The topological polar surface area (TPSA) is 48.0 Å². The fourth-order valence-corrected chi connectivity index (χ4v) is 3.00. The largest absolute Gasteiger partial charge is 0.598 e. The second-order valence-electron chi connectivity index (χ2n) is 5.49. The molecule has 0 amide bonds. The Kier molecular flexibility index (Phi) is 5.01. The molecule has 1 unspecified atom stereocenters. The molecule has 1 rings (SSSR count). The quantitative estimate of drug-likeness (QED) is 0.856. The summed E-state index contributed by atoms with van der Waals surface area (Å²) in [4.78, 5) is 4.57. The van der Waals surface area contributed by atoms with Crippen LogP contribution in [0.5, 0.6) is 0 Å². The third kappa shape index (κ3) is 4.25. The molecule has 98 valence electrons. The average molecular weight is 274 g/mol. The highest BCUT2D eigenvalue weighted by atomic mass is 32.2. The van der Waals surface area contributed by atoms with Gasteiger partial charge in [-0.3, -0.25) is 0 Å². The molecule has 0 aromatic carbocycles. The van der Waals surface area contributed by atoms with Crippen LogP contribution in [0.2, 0.25) is 0 Å². The molecular formula is C12H22N2OS2. The summed E-state index contributed by atoms with van der Waals surface area (Å²) in [6, 6.07) is 0.0348. The van der Waals surface area contributed by atoms with Crippen molar-refractivity contribution < 1.29 is 4.55 Å². The van der Waals surface area contributed by atoms with Crippen LogP contribution in [0.4, 0.5) is 0 Å². The van der Waals surface area contributed by atoms with Crippen molar-refractivity contribution >= 4 is 22.7 Å². The van der Waals surface area contributed by atoms with E-state index >= 15 is 0 Å². The lowest BCUT2D eigenvalue weighted by atomic mass is 10.2. The van der Waals surface area contributed by atoms with Crippen LogP contribution in [-0.4, -0.2) is 14.3 Å². The molecule has 0 aliphatic rings. The van der Waals surface area contributed by atoms with Crippen molar-refractivity contribution in [2.75, 3.05) is 0 Å². The van der Waals surface area contributed by atoms with Gasteiger partial charge in [0, 0.05) is 16.7 Å². The highest BCUT2D eigenvalue weighted by Gasteiger charge is 2.29. The van der Waals surface area contributed by atoms with Crippen LogP contribution in [0.15, 0.2) is 5.38 Å². The highest BCUT2D eigenvalue weighted by molar-refractivity contribution is 7.90. The van der Waals surface area contributed by atoms with Crippen LogP contribution in [0, 0.1) is 0 Å². The van der Waals surface area contributed by atoms with Crippen molar-refractivity contribution in [3.63, 3.8) is 0 Å². The lowest BCUT2D eigenvalue weighted by Crippen LogP contribution is -2.40. The van der Waals surface area contributed by atoms with Crippen LogP contribution in [0.25, 0.3) is 0 Å². The Hall–Kier alpha value is -0.100. The second-order valence-corrected chi connectivity index (χ2v) is 8.37. The lowest BCUT2D eigenvalue weighted by molar-refractivity contribution is 0.530. The first kappa shape index (κ1) is 15.0. The van der Waals surface area contributed by atoms with E-state index in [1.165, 1.54) is 0 Å². The second kappa shape index (κ2) is 5.69. The van der Waals surface area contributed by atoms with Gasteiger partial charge >= 0.3 is 0 Å². The van der Waals surface area contributed by atoms with E-state index in [1.54, 1.807) is 11.3 Å². The number of nitrogens with zero attached hydrogens (tertiary/aromatic N) is 1. The van der Waals surface area contributed by atoms with Gasteiger partial charge in [-0.2, -0.15) is 0 Å². The van der Waals surface area contributed by atoms with E-state index in [1.807, 2.05) is 27.7 Å². The van der Waals surface area contributed by atoms with Gasteiger partial charge in [-0.1, -0.05) is 13.8 Å². The van der Waals surface area contributed by atoms with Gasteiger partial charge < -0.3 is 4.55 Å². The predicted molar refractivity (Wildman–Crippen MR) is 75.6 cm³/mol. The van der Waals surface area contributed by atoms with Crippen molar-refractivity contribution in [2.24, 2.45) is 0 Å². The zero-order valence-electron chi connectivity index (χ0n) is 11.4. The standard InChI is InChI=1S/C12H22N2OS2/c1-8(2)10-7-16-11(13-10)9(3)14-17(15)12(4,5)6/h7-9,14H,1-6H3/t9-,17?/m0/s1. The number of hydrogen-bond donors (Lipinski definition) is 1. The molecule has 1 heterocycles. The van der Waals surface area contributed by atoms with E-state index < -0.39 is 11.4 Å². The SMILES string of the molecule is CC(C)c1csc([C@H](C)N[S+]([O-])C(C)(C)C)n1. The zero-order chi connectivity index (χ0) is 13.2. The summed E-state index contributed by atoms with van der Waals surface area (Å²) < 4.78 is 14.8. The first-order valence-corrected chi connectivity index (χ1v) is 7.88. The molecular weight excluding hydrogens is 252 g/mol. The average Bonchev–Trinajstić information content (AvgIpc) is 2.64. The summed E-state index contributed by atoms with van der Waals surface area (Å²) in [5, 5.41) is 3.09. The van der Waals surface area contributed by atoms with Gasteiger partial charge in [-0.15, -0.1) is 16.1 Å². The maximum Gasteiger partial charge on any atom is 0.136 e. The molecule has 0 fully saturated rings. The molecule has 0 saturated carbocycles. The number of rotatable bonds is 4. The molecule has 17 heavy (non-hydrogen) atoms. The van der Waals surface area contributed by atoms with E-state index in [9.17, 15) is 4.55 Å². The van der Waals surface area contributed by atoms with Crippen molar-refractivity contribution in [1.29, 1.82) is 0 Å². The van der Waals surface area contributed by atoms with Gasteiger partial charge in [0.1, 0.15) is 15.8 Å². The molecule has 1 N–H and O–H groups in total. The smallest absolute Gasteiger partial charge is 0.136 e. The molecule has 0 spiro atoms. The highest BCUT2D eigenvalue weighted by Crippen LogP contribution is 2.24. The summed E-state index contributed by atoms with van der Waals surface area (Å²) in [6.45, 7) is 12.2. The summed E-state index contributed by atoms with van der Waals surface area (Å²) in [5.74, 6) is 0.445. The Morgan fingerprint density at radius 1 is 1.35 bits per heavy atom. The molecule has 0 bridgehead atoms. The zero-order valence-corrected chi connectivity index (χ0v) is 13.0. The first-order valence-electron chi connectivity index (χ1n) is 5.85. The van der Waals surface area contributed by atoms with E-state index in [-0.39, 0.29) is 10.8 Å². The van der Waals surface area contributed by atoms with Crippen molar-refractivity contribution in [1.82, 2.24) is 9.71 Å². The maximum absolute atomic E-state index is 12.0. The van der Waals surface area contributed by atoms with Gasteiger partial charge in [0.15, 0.2) is 0 Å². The van der Waals surface area contributed by atoms with Crippen LogP contribution in [0.3, 0.4) is 0 Å². The monoisotopic (exact) mass is 274 g/mol. The Bertz CT molecular complexity index is 358. The first-order chi connectivity index (χ1) is 7.71. The van der Waals surface area contributed by atoms with Crippen molar-refractivity contribution in [3.05, 3.63) is 16.1 Å². The van der Waals surface area contributed by atoms with E-state index in [2.05, 4.69) is 28.9 Å².